The quantitative estimate of drug-likeness (QED) is 0.801. The van der Waals surface area contributed by atoms with Gasteiger partial charge in [-0.2, -0.15) is 0 Å². The van der Waals surface area contributed by atoms with Crippen LogP contribution in [0.1, 0.15) is 43.6 Å². The molecule has 102 valence electrons. The van der Waals surface area contributed by atoms with Crippen molar-refractivity contribution in [1.29, 1.82) is 0 Å². The van der Waals surface area contributed by atoms with Gasteiger partial charge in [-0.05, 0) is 35.6 Å². The van der Waals surface area contributed by atoms with E-state index in [2.05, 4.69) is 61.4 Å². The summed E-state index contributed by atoms with van der Waals surface area (Å²) < 4.78 is 0. The first-order valence-corrected chi connectivity index (χ1v) is 7.15. The first-order valence-electron chi connectivity index (χ1n) is 7.15. The summed E-state index contributed by atoms with van der Waals surface area (Å²) in [4.78, 5) is 3.24. The predicted molar refractivity (Wildman–Crippen MR) is 81.0 cm³/mol. The average Bonchev–Trinajstić information content (AvgIpc) is 2.92. The first-order chi connectivity index (χ1) is 9.20. The molecule has 0 aliphatic rings. The summed E-state index contributed by atoms with van der Waals surface area (Å²) in [6.07, 6.45) is 3.07. The summed E-state index contributed by atoms with van der Waals surface area (Å²) in [5, 5.41) is 3.64. The fourth-order valence-corrected chi connectivity index (χ4v) is 2.40. The van der Waals surface area contributed by atoms with Crippen LogP contribution in [0.25, 0.3) is 0 Å². The Hall–Kier alpha value is -1.54. The zero-order valence-electron chi connectivity index (χ0n) is 12.1. The topological polar surface area (TPSA) is 27.8 Å². The fourth-order valence-electron chi connectivity index (χ4n) is 2.40. The van der Waals surface area contributed by atoms with Gasteiger partial charge in [0.25, 0.3) is 0 Å². The number of nitrogens with one attached hydrogen (secondary N) is 2. The maximum atomic E-state index is 3.64. The Balaban J connectivity index is 2.06. The largest absolute Gasteiger partial charge is 0.364 e. The molecule has 0 aliphatic heterocycles. The lowest BCUT2D eigenvalue weighted by Crippen LogP contribution is -2.25. The second kappa shape index (κ2) is 6.58. The van der Waals surface area contributed by atoms with Gasteiger partial charge in [0.15, 0.2) is 0 Å². The van der Waals surface area contributed by atoms with Crippen molar-refractivity contribution >= 4 is 0 Å². The smallest absolute Gasteiger partial charge is 0.0362 e. The minimum absolute atomic E-state index is 0.397. The number of H-pyrrole nitrogens is 1. The number of aromatic amines is 1. The molecule has 1 aromatic carbocycles. The SMILES string of the molecule is CCc1ccc(C(NCc2ccc[nH]2)C(C)C)cc1. The van der Waals surface area contributed by atoms with Crippen LogP contribution < -0.4 is 5.32 Å². The van der Waals surface area contributed by atoms with Gasteiger partial charge in [-0.15, -0.1) is 0 Å². The van der Waals surface area contributed by atoms with Gasteiger partial charge >= 0.3 is 0 Å². The third-order valence-corrected chi connectivity index (χ3v) is 3.59. The Morgan fingerprint density at radius 1 is 1.11 bits per heavy atom. The van der Waals surface area contributed by atoms with E-state index in [-0.39, 0.29) is 0 Å². The number of hydrogen-bond acceptors (Lipinski definition) is 1. The van der Waals surface area contributed by atoms with Gasteiger partial charge < -0.3 is 10.3 Å². The lowest BCUT2D eigenvalue weighted by Gasteiger charge is -2.23. The molecule has 2 N–H and O–H groups in total. The number of hydrogen-bond donors (Lipinski definition) is 2. The van der Waals surface area contributed by atoms with Gasteiger partial charge in [0.1, 0.15) is 0 Å². The highest BCUT2D eigenvalue weighted by atomic mass is 14.9. The van der Waals surface area contributed by atoms with Crippen LogP contribution in [0.3, 0.4) is 0 Å². The molecular formula is C17H24N2. The van der Waals surface area contributed by atoms with Crippen molar-refractivity contribution < 1.29 is 0 Å². The molecule has 0 radical (unpaired) electrons. The Bertz CT molecular complexity index is 468. The summed E-state index contributed by atoms with van der Waals surface area (Å²) >= 11 is 0. The van der Waals surface area contributed by atoms with Crippen LogP contribution in [-0.4, -0.2) is 4.98 Å². The van der Waals surface area contributed by atoms with Crippen LogP contribution in [0.15, 0.2) is 42.6 Å². The van der Waals surface area contributed by atoms with E-state index in [0.29, 0.717) is 12.0 Å². The zero-order valence-corrected chi connectivity index (χ0v) is 12.1. The minimum Gasteiger partial charge on any atom is -0.364 e. The van der Waals surface area contributed by atoms with Crippen molar-refractivity contribution in [1.82, 2.24) is 10.3 Å². The van der Waals surface area contributed by atoms with Crippen LogP contribution in [0.2, 0.25) is 0 Å². The van der Waals surface area contributed by atoms with E-state index in [0.717, 1.165) is 13.0 Å². The molecule has 0 fully saturated rings. The molecule has 2 heteroatoms. The van der Waals surface area contributed by atoms with Gasteiger partial charge in [0.2, 0.25) is 0 Å². The normalized spacial score (nSPS) is 12.8. The summed E-state index contributed by atoms with van der Waals surface area (Å²) in [5.74, 6) is 0.572. The molecule has 2 rings (SSSR count). The Morgan fingerprint density at radius 3 is 2.37 bits per heavy atom. The summed E-state index contributed by atoms with van der Waals surface area (Å²) in [6.45, 7) is 7.60. The summed E-state index contributed by atoms with van der Waals surface area (Å²) in [7, 11) is 0. The molecule has 0 spiro atoms. The third kappa shape index (κ3) is 3.71. The van der Waals surface area contributed by atoms with Crippen molar-refractivity contribution in [3.05, 3.63) is 59.4 Å². The van der Waals surface area contributed by atoms with Crippen molar-refractivity contribution in [2.45, 2.75) is 39.8 Å². The first kappa shape index (κ1) is 13.9. The lowest BCUT2D eigenvalue weighted by molar-refractivity contribution is 0.409. The number of aromatic nitrogens is 1. The molecule has 19 heavy (non-hydrogen) atoms. The van der Waals surface area contributed by atoms with E-state index in [1.54, 1.807) is 0 Å². The summed E-state index contributed by atoms with van der Waals surface area (Å²) in [5.41, 5.74) is 4.00. The second-order valence-electron chi connectivity index (χ2n) is 5.39. The monoisotopic (exact) mass is 256 g/mol. The Kier molecular flexibility index (Phi) is 4.80. The maximum Gasteiger partial charge on any atom is 0.0362 e. The van der Waals surface area contributed by atoms with Crippen molar-refractivity contribution in [2.75, 3.05) is 0 Å². The maximum absolute atomic E-state index is 3.64. The molecule has 1 unspecified atom stereocenters. The average molecular weight is 256 g/mol. The van der Waals surface area contributed by atoms with E-state index in [1.165, 1.54) is 16.8 Å². The molecule has 2 nitrogen and oxygen atoms in total. The van der Waals surface area contributed by atoms with Crippen LogP contribution in [0, 0.1) is 5.92 Å². The minimum atomic E-state index is 0.397. The van der Waals surface area contributed by atoms with Crippen LogP contribution >= 0.6 is 0 Å². The van der Waals surface area contributed by atoms with Gasteiger partial charge in [-0.1, -0.05) is 45.0 Å². The van der Waals surface area contributed by atoms with Crippen LogP contribution in [0.4, 0.5) is 0 Å². The van der Waals surface area contributed by atoms with Gasteiger partial charge in [0.05, 0.1) is 0 Å². The van der Waals surface area contributed by atoms with E-state index in [4.69, 9.17) is 0 Å². The van der Waals surface area contributed by atoms with Crippen molar-refractivity contribution in [3.8, 4) is 0 Å². The molecule has 0 saturated heterocycles. The van der Waals surface area contributed by atoms with Crippen LogP contribution in [0.5, 0.6) is 0 Å². The molecule has 1 aromatic heterocycles. The molecule has 0 bridgehead atoms. The van der Waals surface area contributed by atoms with Crippen molar-refractivity contribution in [3.63, 3.8) is 0 Å². The highest BCUT2D eigenvalue weighted by Crippen LogP contribution is 2.22. The van der Waals surface area contributed by atoms with Gasteiger partial charge in [-0.25, -0.2) is 0 Å². The molecule has 1 heterocycles. The van der Waals surface area contributed by atoms with Gasteiger partial charge in [-0.3, -0.25) is 0 Å². The molecule has 0 saturated carbocycles. The van der Waals surface area contributed by atoms with E-state index < -0.39 is 0 Å². The standard InChI is InChI=1S/C17H24N2/c1-4-14-7-9-15(10-8-14)17(13(2)3)19-12-16-6-5-11-18-16/h5-11,13,17-19H,4,12H2,1-3H3. The Labute approximate surface area is 116 Å². The second-order valence-corrected chi connectivity index (χ2v) is 5.39. The zero-order chi connectivity index (χ0) is 13.7. The van der Waals surface area contributed by atoms with E-state index in [9.17, 15) is 0 Å². The van der Waals surface area contributed by atoms with Gasteiger partial charge in [0, 0.05) is 24.5 Å². The highest BCUT2D eigenvalue weighted by Gasteiger charge is 2.15. The number of aryl methyl sites for hydroxylation is 1. The molecule has 0 amide bonds. The summed E-state index contributed by atoms with van der Waals surface area (Å²) in [6, 6.07) is 13.5. The molecule has 1 atom stereocenters. The number of rotatable bonds is 6. The third-order valence-electron chi connectivity index (χ3n) is 3.59. The number of benzene rings is 1. The fraction of sp³-hybridized carbons (Fsp3) is 0.412. The van der Waals surface area contributed by atoms with E-state index >= 15 is 0 Å². The Morgan fingerprint density at radius 2 is 1.84 bits per heavy atom. The lowest BCUT2D eigenvalue weighted by atomic mass is 9.95. The van der Waals surface area contributed by atoms with Crippen molar-refractivity contribution in [2.24, 2.45) is 5.92 Å². The van der Waals surface area contributed by atoms with Crippen LogP contribution in [-0.2, 0) is 13.0 Å². The molecule has 2 aromatic rings. The molecular weight excluding hydrogens is 232 g/mol. The predicted octanol–water partition coefficient (Wildman–Crippen LogP) is 4.06. The highest BCUT2D eigenvalue weighted by molar-refractivity contribution is 5.25. The van der Waals surface area contributed by atoms with E-state index in [1.807, 2.05) is 12.3 Å². The molecule has 0 aliphatic carbocycles.